The highest BCUT2D eigenvalue weighted by Crippen LogP contribution is 2.14. The molecule has 0 fully saturated rings. The van der Waals surface area contributed by atoms with Crippen molar-refractivity contribution in [2.45, 2.75) is 19.1 Å². The van der Waals surface area contributed by atoms with Crippen molar-refractivity contribution < 1.29 is 8.42 Å². The van der Waals surface area contributed by atoms with Gasteiger partial charge in [0.1, 0.15) is 0 Å². The lowest BCUT2D eigenvalue weighted by Crippen LogP contribution is -2.32. The average molecular weight is 277 g/mol. The van der Waals surface area contributed by atoms with Gasteiger partial charge >= 0.3 is 0 Å². The van der Waals surface area contributed by atoms with Gasteiger partial charge in [0, 0.05) is 19.5 Å². The molecule has 0 aliphatic heterocycles. The Kier molecular flexibility index (Phi) is 5.50. The molecule has 0 atom stereocenters. The van der Waals surface area contributed by atoms with Crippen LogP contribution in [0.15, 0.2) is 24.3 Å². The molecule has 0 bridgehead atoms. The van der Waals surface area contributed by atoms with Crippen LogP contribution in [0.2, 0.25) is 0 Å². The number of hydrogen-bond donors (Lipinski definition) is 0. The molecule has 0 heterocycles. The van der Waals surface area contributed by atoms with E-state index >= 15 is 0 Å². The van der Waals surface area contributed by atoms with Crippen molar-refractivity contribution in [1.29, 1.82) is 10.5 Å². The highest BCUT2D eigenvalue weighted by molar-refractivity contribution is 7.88. The standard InChI is InChI=1S/C13H15N3O2S/c1-2-16(9-5-8-14)19(17,18)11-13-7-4-3-6-12(13)10-15/h3-4,6-7H,2,5,9,11H2,1H3. The van der Waals surface area contributed by atoms with Gasteiger partial charge in [-0.05, 0) is 11.6 Å². The molecule has 0 aliphatic rings. The fourth-order valence-electron chi connectivity index (χ4n) is 1.71. The van der Waals surface area contributed by atoms with Crippen LogP contribution in [0.5, 0.6) is 0 Å². The third-order valence-corrected chi connectivity index (χ3v) is 4.60. The lowest BCUT2D eigenvalue weighted by Gasteiger charge is -2.19. The lowest BCUT2D eigenvalue weighted by molar-refractivity contribution is 0.434. The number of rotatable bonds is 6. The Morgan fingerprint density at radius 2 is 1.95 bits per heavy atom. The van der Waals surface area contributed by atoms with E-state index in [1.807, 2.05) is 12.1 Å². The molecule has 1 aromatic rings. The first kappa shape index (κ1) is 15.2. The summed E-state index contributed by atoms with van der Waals surface area (Å²) in [5.74, 6) is -0.212. The van der Waals surface area contributed by atoms with Crippen molar-refractivity contribution in [3.8, 4) is 12.1 Å². The quantitative estimate of drug-likeness (QED) is 0.790. The van der Waals surface area contributed by atoms with Crippen molar-refractivity contribution in [2.24, 2.45) is 0 Å². The summed E-state index contributed by atoms with van der Waals surface area (Å²) >= 11 is 0. The van der Waals surface area contributed by atoms with E-state index in [-0.39, 0.29) is 18.7 Å². The van der Waals surface area contributed by atoms with E-state index < -0.39 is 10.0 Å². The topological polar surface area (TPSA) is 85.0 Å². The maximum Gasteiger partial charge on any atom is 0.218 e. The van der Waals surface area contributed by atoms with Gasteiger partial charge in [-0.3, -0.25) is 0 Å². The first-order valence-electron chi connectivity index (χ1n) is 5.88. The second kappa shape index (κ2) is 6.89. The molecule has 6 heteroatoms. The van der Waals surface area contributed by atoms with E-state index in [1.165, 1.54) is 4.31 Å². The van der Waals surface area contributed by atoms with E-state index in [0.29, 0.717) is 17.7 Å². The highest BCUT2D eigenvalue weighted by atomic mass is 32.2. The van der Waals surface area contributed by atoms with Crippen LogP contribution in [0.25, 0.3) is 0 Å². The molecule has 0 saturated heterocycles. The first-order chi connectivity index (χ1) is 9.05. The minimum absolute atomic E-state index is 0.160. The first-order valence-corrected chi connectivity index (χ1v) is 7.48. The van der Waals surface area contributed by atoms with Crippen LogP contribution in [0.4, 0.5) is 0 Å². The van der Waals surface area contributed by atoms with Gasteiger partial charge in [0.05, 0.1) is 23.5 Å². The predicted octanol–water partition coefficient (Wildman–Crippen LogP) is 1.62. The molecule has 0 aromatic heterocycles. The van der Waals surface area contributed by atoms with Crippen molar-refractivity contribution in [1.82, 2.24) is 4.31 Å². The maximum atomic E-state index is 12.2. The second-order valence-corrected chi connectivity index (χ2v) is 5.89. The lowest BCUT2D eigenvalue weighted by atomic mass is 10.1. The molecule has 0 saturated carbocycles. The molecule has 0 N–H and O–H groups in total. The zero-order valence-electron chi connectivity index (χ0n) is 10.7. The third-order valence-electron chi connectivity index (χ3n) is 2.69. The van der Waals surface area contributed by atoms with Gasteiger partial charge in [-0.1, -0.05) is 25.1 Å². The van der Waals surface area contributed by atoms with Gasteiger partial charge in [-0.2, -0.15) is 10.5 Å². The number of nitrogens with zero attached hydrogens (tertiary/aromatic N) is 3. The van der Waals surface area contributed by atoms with Crippen LogP contribution in [-0.2, 0) is 15.8 Å². The summed E-state index contributed by atoms with van der Waals surface area (Å²) in [5.41, 5.74) is 0.850. The Hall–Kier alpha value is -1.89. The van der Waals surface area contributed by atoms with Crippen molar-refractivity contribution in [3.63, 3.8) is 0 Å². The maximum absolute atomic E-state index is 12.2. The summed E-state index contributed by atoms with van der Waals surface area (Å²) in [6.07, 6.45) is 0.160. The molecule has 1 rings (SSSR count). The van der Waals surface area contributed by atoms with Crippen molar-refractivity contribution in [3.05, 3.63) is 35.4 Å². The fraction of sp³-hybridized carbons (Fsp3) is 0.385. The second-order valence-electron chi connectivity index (χ2n) is 3.92. The van der Waals surface area contributed by atoms with Crippen LogP contribution in [-0.4, -0.2) is 25.8 Å². The van der Waals surface area contributed by atoms with Gasteiger partial charge < -0.3 is 0 Å². The molecular formula is C13H15N3O2S. The Morgan fingerprint density at radius 1 is 1.26 bits per heavy atom. The molecular weight excluding hydrogens is 262 g/mol. The van der Waals surface area contributed by atoms with Gasteiger partial charge in [-0.25, -0.2) is 12.7 Å². The van der Waals surface area contributed by atoms with Gasteiger partial charge in [-0.15, -0.1) is 0 Å². The summed E-state index contributed by atoms with van der Waals surface area (Å²) in [7, 11) is -3.50. The van der Waals surface area contributed by atoms with Gasteiger partial charge in [0.15, 0.2) is 0 Å². The summed E-state index contributed by atoms with van der Waals surface area (Å²) in [4.78, 5) is 0. The van der Waals surface area contributed by atoms with E-state index in [0.717, 1.165) is 0 Å². The van der Waals surface area contributed by atoms with Gasteiger partial charge in [0.2, 0.25) is 10.0 Å². The highest BCUT2D eigenvalue weighted by Gasteiger charge is 2.21. The summed E-state index contributed by atoms with van der Waals surface area (Å²) in [6, 6.07) is 10.5. The zero-order chi connectivity index (χ0) is 14.3. The molecule has 0 unspecified atom stereocenters. The van der Waals surface area contributed by atoms with E-state index in [1.54, 1.807) is 31.2 Å². The minimum atomic E-state index is -3.50. The van der Waals surface area contributed by atoms with E-state index in [2.05, 4.69) is 0 Å². The fourth-order valence-corrected chi connectivity index (χ4v) is 3.30. The number of hydrogen-bond acceptors (Lipinski definition) is 4. The number of benzene rings is 1. The monoisotopic (exact) mass is 277 g/mol. The van der Waals surface area contributed by atoms with Crippen LogP contribution in [0.3, 0.4) is 0 Å². The SMILES string of the molecule is CCN(CCC#N)S(=O)(=O)Cc1ccccc1C#N. The summed E-state index contributed by atoms with van der Waals surface area (Å²) in [5, 5.41) is 17.5. The zero-order valence-corrected chi connectivity index (χ0v) is 11.5. The molecule has 19 heavy (non-hydrogen) atoms. The van der Waals surface area contributed by atoms with Crippen molar-refractivity contribution in [2.75, 3.05) is 13.1 Å². The smallest absolute Gasteiger partial charge is 0.212 e. The Morgan fingerprint density at radius 3 is 2.53 bits per heavy atom. The Balaban J connectivity index is 2.96. The van der Waals surface area contributed by atoms with E-state index in [9.17, 15) is 8.42 Å². The largest absolute Gasteiger partial charge is 0.218 e. The Bertz CT molecular complexity index is 612. The minimum Gasteiger partial charge on any atom is -0.212 e. The summed E-state index contributed by atoms with van der Waals surface area (Å²) in [6.45, 7) is 2.23. The molecule has 1 aromatic carbocycles. The molecule has 100 valence electrons. The van der Waals surface area contributed by atoms with E-state index in [4.69, 9.17) is 10.5 Å². The van der Waals surface area contributed by atoms with Crippen molar-refractivity contribution >= 4 is 10.0 Å². The molecule has 0 amide bonds. The van der Waals surface area contributed by atoms with Crippen LogP contribution in [0, 0.1) is 22.7 Å². The summed E-state index contributed by atoms with van der Waals surface area (Å²) < 4.78 is 25.7. The number of sulfonamides is 1. The predicted molar refractivity (Wildman–Crippen MR) is 71.3 cm³/mol. The van der Waals surface area contributed by atoms with Gasteiger partial charge in [0.25, 0.3) is 0 Å². The van der Waals surface area contributed by atoms with Crippen LogP contribution in [0.1, 0.15) is 24.5 Å². The molecule has 0 aliphatic carbocycles. The average Bonchev–Trinajstić information content (AvgIpc) is 2.39. The third kappa shape index (κ3) is 4.06. The van der Waals surface area contributed by atoms with Crippen LogP contribution >= 0.6 is 0 Å². The number of nitriles is 2. The van der Waals surface area contributed by atoms with Crippen LogP contribution < -0.4 is 0 Å². The normalized spacial score (nSPS) is 10.9. The molecule has 0 spiro atoms. The molecule has 5 nitrogen and oxygen atoms in total. The molecule has 0 radical (unpaired) electrons. The Labute approximate surface area is 113 Å².